The van der Waals surface area contributed by atoms with Crippen LogP contribution in [-0.4, -0.2) is 23.4 Å². The number of hydrogen-bond donors (Lipinski definition) is 1. The van der Waals surface area contributed by atoms with Gasteiger partial charge in [0.1, 0.15) is 5.82 Å². The average Bonchev–Trinajstić information content (AvgIpc) is 2.70. The van der Waals surface area contributed by atoms with Crippen molar-refractivity contribution in [1.29, 1.82) is 0 Å². The van der Waals surface area contributed by atoms with Crippen LogP contribution < -0.4 is 5.32 Å². The Labute approximate surface area is 142 Å². The highest BCUT2D eigenvalue weighted by Crippen LogP contribution is 2.30. The van der Waals surface area contributed by atoms with Crippen LogP contribution in [0.15, 0.2) is 42.5 Å². The van der Waals surface area contributed by atoms with Gasteiger partial charge in [-0.3, -0.25) is 9.69 Å². The van der Waals surface area contributed by atoms with Gasteiger partial charge in [0.15, 0.2) is 0 Å². The van der Waals surface area contributed by atoms with E-state index in [0.717, 1.165) is 36.2 Å². The second kappa shape index (κ2) is 7.14. The molecule has 0 radical (unpaired) electrons. The number of carbonyl (C=O) groups excluding carboxylic acids is 1. The standard InChI is InChI=1S/C20H23FN2O/c1-3-11-23-13-15-12-14(16-7-5-6-8-17(16)21)9-10-18(15)22-20(24)19(23)4-2/h5-10,12,19H,3-4,11,13H2,1-2H3,(H,22,24). The molecule has 1 heterocycles. The molecule has 1 amide bonds. The number of rotatable bonds is 4. The lowest BCUT2D eigenvalue weighted by Gasteiger charge is -2.26. The van der Waals surface area contributed by atoms with E-state index in [1.165, 1.54) is 6.07 Å². The van der Waals surface area contributed by atoms with Crippen molar-refractivity contribution in [3.05, 3.63) is 53.8 Å². The summed E-state index contributed by atoms with van der Waals surface area (Å²) in [6.45, 7) is 5.72. The van der Waals surface area contributed by atoms with Gasteiger partial charge >= 0.3 is 0 Å². The second-order valence-corrected chi connectivity index (χ2v) is 6.24. The summed E-state index contributed by atoms with van der Waals surface area (Å²) < 4.78 is 14.1. The maximum atomic E-state index is 14.1. The van der Waals surface area contributed by atoms with Crippen molar-refractivity contribution in [2.75, 3.05) is 11.9 Å². The number of fused-ring (bicyclic) bond motifs is 1. The predicted molar refractivity (Wildman–Crippen MR) is 95.2 cm³/mol. The molecule has 0 aromatic heterocycles. The number of halogens is 1. The van der Waals surface area contributed by atoms with Crippen molar-refractivity contribution in [2.24, 2.45) is 0 Å². The van der Waals surface area contributed by atoms with Crippen molar-refractivity contribution in [2.45, 2.75) is 39.3 Å². The maximum Gasteiger partial charge on any atom is 0.241 e. The summed E-state index contributed by atoms with van der Waals surface area (Å²) in [7, 11) is 0. The summed E-state index contributed by atoms with van der Waals surface area (Å²) in [5.41, 5.74) is 3.29. The van der Waals surface area contributed by atoms with Gasteiger partial charge in [-0.1, -0.05) is 38.1 Å². The van der Waals surface area contributed by atoms with E-state index in [9.17, 15) is 9.18 Å². The molecule has 1 aliphatic heterocycles. The molecule has 126 valence electrons. The zero-order valence-corrected chi connectivity index (χ0v) is 14.2. The van der Waals surface area contributed by atoms with Gasteiger partial charge in [-0.15, -0.1) is 0 Å². The zero-order chi connectivity index (χ0) is 17.1. The highest BCUT2D eigenvalue weighted by molar-refractivity contribution is 5.96. The molecule has 1 aliphatic rings. The molecule has 0 spiro atoms. The molecular formula is C20H23FN2O. The number of amides is 1. The topological polar surface area (TPSA) is 32.3 Å². The molecule has 0 aliphatic carbocycles. The highest BCUT2D eigenvalue weighted by Gasteiger charge is 2.28. The van der Waals surface area contributed by atoms with E-state index in [1.807, 2.05) is 31.2 Å². The van der Waals surface area contributed by atoms with E-state index in [4.69, 9.17) is 0 Å². The largest absolute Gasteiger partial charge is 0.324 e. The number of hydrogen-bond acceptors (Lipinski definition) is 2. The van der Waals surface area contributed by atoms with E-state index < -0.39 is 0 Å². The van der Waals surface area contributed by atoms with Crippen LogP contribution in [0, 0.1) is 5.82 Å². The van der Waals surface area contributed by atoms with Gasteiger partial charge in [-0.2, -0.15) is 0 Å². The quantitative estimate of drug-likeness (QED) is 0.901. The molecule has 0 saturated heterocycles. The van der Waals surface area contributed by atoms with Crippen LogP contribution in [0.25, 0.3) is 11.1 Å². The zero-order valence-electron chi connectivity index (χ0n) is 14.2. The molecule has 24 heavy (non-hydrogen) atoms. The third-order valence-electron chi connectivity index (χ3n) is 4.56. The van der Waals surface area contributed by atoms with Crippen molar-refractivity contribution in [3.63, 3.8) is 0 Å². The molecule has 3 rings (SSSR count). The number of nitrogens with one attached hydrogen (secondary N) is 1. The molecular weight excluding hydrogens is 303 g/mol. The second-order valence-electron chi connectivity index (χ2n) is 6.24. The molecule has 1 N–H and O–H groups in total. The van der Waals surface area contributed by atoms with Crippen LogP contribution in [0.4, 0.5) is 10.1 Å². The summed E-state index contributed by atoms with van der Waals surface area (Å²) in [4.78, 5) is 14.7. The first-order valence-electron chi connectivity index (χ1n) is 8.56. The van der Waals surface area contributed by atoms with Gasteiger partial charge < -0.3 is 5.32 Å². The Bertz CT molecular complexity index is 744. The molecule has 1 atom stereocenters. The Morgan fingerprint density at radius 1 is 1.21 bits per heavy atom. The number of carbonyl (C=O) groups is 1. The summed E-state index contributed by atoms with van der Waals surface area (Å²) in [5, 5.41) is 3.03. The molecule has 0 fully saturated rings. The van der Waals surface area contributed by atoms with Crippen molar-refractivity contribution >= 4 is 11.6 Å². The van der Waals surface area contributed by atoms with E-state index in [2.05, 4.69) is 17.1 Å². The molecule has 1 unspecified atom stereocenters. The lowest BCUT2D eigenvalue weighted by Crippen LogP contribution is -2.41. The van der Waals surface area contributed by atoms with Gasteiger partial charge in [-0.25, -0.2) is 4.39 Å². The molecule has 3 nitrogen and oxygen atoms in total. The Hall–Kier alpha value is -2.20. The minimum Gasteiger partial charge on any atom is -0.324 e. The van der Waals surface area contributed by atoms with Gasteiger partial charge in [0.2, 0.25) is 5.91 Å². The summed E-state index contributed by atoms with van der Waals surface area (Å²) in [6, 6.07) is 12.4. The van der Waals surface area contributed by atoms with Crippen LogP contribution in [0.3, 0.4) is 0 Å². The molecule has 0 bridgehead atoms. The smallest absolute Gasteiger partial charge is 0.241 e. The SMILES string of the molecule is CCCN1Cc2cc(-c3ccccc3F)ccc2NC(=O)C1CC. The average molecular weight is 326 g/mol. The van der Waals surface area contributed by atoms with Gasteiger partial charge in [0.05, 0.1) is 6.04 Å². The molecule has 4 heteroatoms. The lowest BCUT2D eigenvalue weighted by atomic mass is 10.0. The maximum absolute atomic E-state index is 14.1. The third-order valence-corrected chi connectivity index (χ3v) is 4.56. The van der Waals surface area contributed by atoms with Crippen molar-refractivity contribution in [3.8, 4) is 11.1 Å². The predicted octanol–water partition coefficient (Wildman–Crippen LogP) is 4.44. The fourth-order valence-corrected chi connectivity index (χ4v) is 3.39. The number of anilines is 1. The minimum absolute atomic E-state index is 0.0448. The highest BCUT2D eigenvalue weighted by atomic mass is 19.1. The monoisotopic (exact) mass is 326 g/mol. The third kappa shape index (κ3) is 3.20. The van der Waals surface area contributed by atoms with Gasteiger partial charge in [0, 0.05) is 17.8 Å². The first-order chi connectivity index (χ1) is 11.6. The van der Waals surface area contributed by atoms with Crippen LogP contribution in [0.1, 0.15) is 32.3 Å². The molecule has 0 saturated carbocycles. The van der Waals surface area contributed by atoms with Crippen molar-refractivity contribution in [1.82, 2.24) is 4.90 Å². The van der Waals surface area contributed by atoms with Crippen LogP contribution in [0.2, 0.25) is 0 Å². The minimum atomic E-state index is -0.230. The Balaban J connectivity index is 2.01. The normalized spacial score (nSPS) is 18.0. The summed E-state index contributed by atoms with van der Waals surface area (Å²) in [5.74, 6) is -0.185. The number of nitrogens with zero attached hydrogens (tertiary/aromatic N) is 1. The van der Waals surface area contributed by atoms with E-state index in [1.54, 1.807) is 12.1 Å². The Kier molecular flexibility index (Phi) is 4.95. The molecule has 2 aromatic carbocycles. The Morgan fingerprint density at radius 2 is 2.00 bits per heavy atom. The van der Waals surface area contributed by atoms with Crippen LogP contribution in [-0.2, 0) is 11.3 Å². The van der Waals surface area contributed by atoms with E-state index in [-0.39, 0.29) is 17.8 Å². The van der Waals surface area contributed by atoms with Crippen molar-refractivity contribution < 1.29 is 9.18 Å². The molecule has 2 aromatic rings. The Morgan fingerprint density at radius 3 is 2.71 bits per heavy atom. The lowest BCUT2D eigenvalue weighted by molar-refractivity contribution is -0.121. The fraction of sp³-hybridized carbons (Fsp3) is 0.350. The van der Waals surface area contributed by atoms with Gasteiger partial charge in [-0.05, 0) is 48.7 Å². The van der Waals surface area contributed by atoms with Gasteiger partial charge in [0.25, 0.3) is 0 Å². The first-order valence-corrected chi connectivity index (χ1v) is 8.56. The van der Waals surface area contributed by atoms with E-state index >= 15 is 0 Å². The van der Waals surface area contributed by atoms with Crippen LogP contribution >= 0.6 is 0 Å². The summed E-state index contributed by atoms with van der Waals surface area (Å²) >= 11 is 0. The van der Waals surface area contributed by atoms with Crippen LogP contribution in [0.5, 0.6) is 0 Å². The fourth-order valence-electron chi connectivity index (χ4n) is 3.39. The van der Waals surface area contributed by atoms with E-state index in [0.29, 0.717) is 12.1 Å². The summed E-state index contributed by atoms with van der Waals surface area (Å²) in [6.07, 6.45) is 1.77. The first kappa shape index (κ1) is 16.7. The number of benzene rings is 2.